The number of anilines is 1. The first-order valence-corrected chi connectivity index (χ1v) is 6.29. The van der Waals surface area contributed by atoms with Gasteiger partial charge in [-0.2, -0.15) is 0 Å². The molecule has 2 N–H and O–H groups in total. The van der Waals surface area contributed by atoms with Gasteiger partial charge in [-0.05, 0) is 19.9 Å². The van der Waals surface area contributed by atoms with Crippen LogP contribution in [0.25, 0.3) is 5.65 Å². The predicted molar refractivity (Wildman–Crippen MR) is 73.3 cm³/mol. The van der Waals surface area contributed by atoms with Crippen LogP contribution in [0.1, 0.15) is 27.7 Å². The van der Waals surface area contributed by atoms with E-state index in [4.69, 9.17) is 9.52 Å². The Morgan fingerprint density at radius 1 is 1.43 bits per heavy atom. The van der Waals surface area contributed by atoms with E-state index in [1.807, 2.05) is 11.3 Å². The Labute approximate surface area is 119 Å². The smallest absolute Gasteiger partial charge is 0.339 e. The van der Waals surface area contributed by atoms with Gasteiger partial charge in [0, 0.05) is 12.4 Å². The second-order valence-electron chi connectivity index (χ2n) is 4.56. The minimum atomic E-state index is -1.00. The Morgan fingerprint density at radius 2 is 2.24 bits per heavy atom. The Hall–Kier alpha value is -2.90. The van der Waals surface area contributed by atoms with Crippen molar-refractivity contribution in [2.75, 3.05) is 5.32 Å². The average Bonchev–Trinajstić information content (AvgIpc) is 3.01. The molecule has 3 heterocycles. The van der Waals surface area contributed by atoms with Gasteiger partial charge in [-0.25, -0.2) is 9.78 Å². The minimum Gasteiger partial charge on any atom is -0.478 e. The minimum absolute atomic E-state index is 0.163. The van der Waals surface area contributed by atoms with Crippen molar-refractivity contribution in [3.63, 3.8) is 0 Å². The summed E-state index contributed by atoms with van der Waals surface area (Å²) in [5, 5.41) is 20.1. The van der Waals surface area contributed by atoms with Crippen LogP contribution in [0.15, 0.2) is 22.9 Å². The normalized spacial score (nSPS) is 11.0. The summed E-state index contributed by atoms with van der Waals surface area (Å²) in [5.74, 6) is 1.21. The average molecular weight is 287 g/mol. The summed E-state index contributed by atoms with van der Waals surface area (Å²) in [5.41, 5.74) is 0.771. The first-order valence-electron chi connectivity index (χ1n) is 6.29. The molecule has 0 aliphatic rings. The van der Waals surface area contributed by atoms with E-state index in [-0.39, 0.29) is 5.56 Å². The van der Waals surface area contributed by atoms with E-state index in [9.17, 15) is 4.79 Å². The lowest BCUT2D eigenvalue weighted by Crippen LogP contribution is -2.03. The number of rotatable bonds is 4. The molecule has 0 aliphatic carbocycles. The van der Waals surface area contributed by atoms with Crippen LogP contribution in [0.4, 0.5) is 5.82 Å². The maximum absolute atomic E-state index is 11.0. The van der Waals surface area contributed by atoms with E-state index in [0.29, 0.717) is 29.5 Å². The van der Waals surface area contributed by atoms with E-state index in [2.05, 4.69) is 20.5 Å². The fraction of sp³-hybridized carbons (Fsp3) is 0.231. The molecule has 3 aromatic rings. The van der Waals surface area contributed by atoms with Gasteiger partial charge < -0.3 is 14.8 Å². The van der Waals surface area contributed by atoms with Crippen molar-refractivity contribution >= 4 is 17.4 Å². The van der Waals surface area contributed by atoms with Gasteiger partial charge in [0.2, 0.25) is 5.65 Å². The Balaban J connectivity index is 1.83. The summed E-state index contributed by atoms with van der Waals surface area (Å²) < 4.78 is 7.21. The van der Waals surface area contributed by atoms with Gasteiger partial charge >= 0.3 is 5.97 Å². The van der Waals surface area contributed by atoms with Crippen LogP contribution in [-0.2, 0) is 6.54 Å². The number of fused-ring (bicyclic) bond motifs is 1. The van der Waals surface area contributed by atoms with Crippen LogP contribution in [-0.4, -0.2) is 30.7 Å². The molecule has 0 saturated heterocycles. The van der Waals surface area contributed by atoms with Crippen molar-refractivity contribution in [3.05, 3.63) is 41.4 Å². The Bertz CT molecular complexity index is 820. The number of hydrogen-bond acceptors (Lipinski definition) is 6. The molecule has 0 bridgehead atoms. The van der Waals surface area contributed by atoms with Gasteiger partial charge in [0.1, 0.15) is 22.9 Å². The maximum atomic E-state index is 11.0. The molecule has 3 rings (SSSR count). The van der Waals surface area contributed by atoms with Crippen LogP contribution < -0.4 is 5.32 Å². The van der Waals surface area contributed by atoms with E-state index in [1.165, 1.54) is 6.07 Å². The second-order valence-corrected chi connectivity index (χ2v) is 4.56. The lowest BCUT2D eigenvalue weighted by molar-refractivity contribution is 0.0695. The van der Waals surface area contributed by atoms with Crippen LogP contribution in [0.3, 0.4) is 0 Å². The van der Waals surface area contributed by atoms with Crippen molar-refractivity contribution in [2.24, 2.45) is 0 Å². The third-order valence-electron chi connectivity index (χ3n) is 3.13. The van der Waals surface area contributed by atoms with Crippen LogP contribution in [0.5, 0.6) is 0 Å². The molecule has 0 radical (unpaired) electrons. The third-order valence-corrected chi connectivity index (χ3v) is 3.13. The summed E-state index contributed by atoms with van der Waals surface area (Å²) in [7, 11) is 0. The summed E-state index contributed by atoms with van der Waals surface area (Å²) >= 11 is 0. The zero-order valence-electron chi connectivity index (χ0n) is 11.5. The Morgan fingerprint density at radius 3 is 2.95 bits per heavy atom. The molecular weight excluding hydrogens is 274 g/mol. The number of carbonyl (C=O) groups is 1. The first kappa shape index (κ1) is 13.1. The predicted octanol–water partition coefficient (Wildman–Crippen LogP) is 1.64. The maximum Gasteiger partial charge on any atom is 0.339 e. The van der Waals surface area contributed by atoms with Gasteiger partial charge in [0.05, 0.1) is 6.54 Å². The van der Waals surface area contributed by atoms with Crippen molar-refractivity contribution in [3.8, 4) is 0 Å². The fourth-order valence-corrected chi connectivity index (χ4v) is 2.08. The zero-order valence-corrected chi connectivity index (χ0v) is 11.5. The van der Waals surface area contributed by atoms with Crippen LogP contribution in [0, 0.1) is 13.8 Å². The molecule has 0 spiro atoms. The number of carboxylic acids is 1. The molecule has 0 amide bonds. The lowest BCUT2D eigenvalue weighted by atomic mass is 10.2. The highest BCUT2D eigenvalue weighted by Crippen LogP contribution is 2.17. The molecule has 0 atom stereocenters. The van der Waals surface area contributed by atoms with E-state index < -0.39 is 5.97 Å². The molecule has 0 saturated carbocycles. The summed E-state index contributed by atoms with van der Waals surface area (Å²) in [4.78, 5) is 15.2. The fourth-order valence-electron chi connectivity index (χ4n) is 2.08. The van der Waals surface area contributed by atoms with Gasteiger partial charge in [0.25, 0.3) is 0 Å². The largest absolute Gasteiger partial charge is 0.478 e. The zero-order chi connectivity index (χ0) is 15.0. The highest BCUT2D eigenvalue weighted by Gasteiger charge is 2.14. The summed E-state index contributed by atoms with van der Waals surface area (Å²) in [6, 6.07) is 1.50. The van der Waals surface area contributed by atoms with Crippen LogP contribution in [0.2, 0.25) is 0 Å². The van der Waals surface area contributed by atoms with Gasteiger partial charge in [-0.15, -0.1) is 10.2 Å². The molecule has 0 aliphatic heterocycles. The molecule has 8 nitrogen and oxygen atoms in total. The third kappa shape index (κ3) is 2.31. The SMILES string of the molecule is Cc1oc(CNc2nccn3c(C)nnc23)cc1C(=O)O. The van der Waals surface area contributed by atoms with Crippen molar-refractivity contribution in [1.82, 2.24) is 19.6 Å². The number of carboxylic acid groups (broad SMARTS) is 1. The molecule has 0 fully saturated rings. The number of hydrogen-bond donors (Lipinski definition) is 2. The molecule has 0 unspecified atom stereocenters. The summed E-state index contributed by atoms with van der Waals surface area (Å²) in [6.07, 6.45) is 3.41. The molecule has 0 aromatic carbocycles. The standard InChI is InChI=1S/C13H13N5O3/c1-7-10(13(19)20)5-9(21-7)6-15-11-12-17-16-8(2)18(12)4-3-14-11/h3-5H,6H2,1-2H3,(H,14,15)(H,19,20). The number of nitrogens with one attached hydrogen (secondary N) is 1. The molecule has 3 aromatic heterocycles. The number of aromatic carboxylic acids is 1. The topological polar surface area (TPSA) is 106 Å². The summed E-state index contributed by atoms with van der Waals surface area (Å²) in [6.45, 7) is 3.78. The van der Waals surface area contributed by atoms with Gasteiger partial charge in [-0.3, -0.25) is 4.40 Å². The van der Waals surface area contributed by atoms with Crippen molar-refractivity contribution < 1.29 is 14.3 Å². The number of aryl methyl sites for hydroxylation is 2. The molecular formula is C13H13N5O3. The van der Waals surface area contributed by atoms with Gasteiger partial charge in [-0.1, -0.05) is 0 Å². The van der Waals surface area contributed by atoms with E-state index in [1.54, 1.807) is 19.3 Å². The monoisotopic (exact) mass is 287 g/mol. The van der Waals surface area contributed by atoms with Crippen molar-refractivity contribution in [1.29, 1.82) is 0 Å². The quantitative estimate of drug-likeness (QED) is 0.751. The van der Waals surface area contributed by atoms with Gasteiger partial charge in [0.15, 0.2) is 5.82 Å². The Kier molecular flexibility index (Phi) is 3.05. The molecule has 21 heavy (non-hydrogen) atoms. The molecule has 108 valence electrons. The van der Waals surface area contributed by atoms with Crippen LogP contribution >= 0.6 is 0 Å². The molecule has 8 heteroatoms. The lowest BCUT2D eigenvalue weighted by Gasteiger charge is -2.04. The van der Waals surface area contributed by atoms with E-state index >= 15 is 0 Å². The second kappa shape index (κ2) is 4.89. The number of furan rings is 1. The highest BCUT2D eigenvalue weighted by atomic mass is 16.4. The van der Waals surface area contributed by atoms with Crippen molar-refractivity contribution in [2.45, 2.75) is 20.4 Å². The first-order chi connectivity index (χ1) is 10.1. The highest BCUT2D eigenvalue weighted by molar-refractivity contribution is 5.88. The number of nitrogens with zero attached hydrogens (tertiary/aromatic N) is 4. The van der Waals surface area contributed by atoms with E-state index in [0.717, 1.165) is 5.82 Å². The number of aromatic nitrogens is 4.